The van der Waals surface area contributed by atoms with Crippen molar-refractivity contribution >= 4 is 0 Å². The zero-order chi connectivity index (χ0) is 11.3. The van der Waals surface area contributed by atoms with E-state index in [0.717, 1.165) is 0 Å². The standard InChI is InChI=1S/C11H14F2O2/c1-3-15-11(12,13)8-9-4-6-10(14-2)7-5-9/h4-7H,3,8H2,1-2H3. The molecule has 0 unspecified atom stereocenters. The number of halogens is 2. The summed E-state index contributed by atoms with van der Waals surface area (Å²) in [6.45, 7) is 1.55. The molecule has 0 N–H and O–H groups in total. The van der Waals surface area contributed by atoms with Crippen LogP contribution in [0.5, 0.6) is 5.75 Å². The molecule has 84 valence electrons. The zero-order valence-corrected chi connectivity index (χ0v) is 8.80. The summed E-state index contributed by atoms with van der Waals surface area (Å²) in [5.41, 5.74) is 0.522. The third-order valence-electron chi connectivity index (χ3n) is 1.92. The molecule has 1 aromatic carbocycles. The smallest absolute Gasteiger partial charge is 0.359 e. The molecule has 1 rings (SSSR count). The number of hydrogen-bond acceptors (Lipinski definition) is 2. The highest BCUT2D eigenvalue weighted by Gasteiger charge is 2.29. The van der Waals surface area contributed by atoms with E-state index in [1.54, 1.807) is 31.2 Å². The molecule has 0 spiro atoms. The molecule has 2 nitrogen and oxygen atoms in total. The maximum atomic E-state index is 13.0. The fourth-order valence-corrected chi connectivity index (χ4v) is 1.24. The number of ether oxygens (including phenoxy) is 2. The Hall–Kier alpha value is -1.16. The lowest BCUT2D eigenvalue weighted by Gasteiger charge is -2.15. The molecule has 0 saturated heterocycles. The lowest BCUT2D eigenvalue weighted by atomic mass is 10.1. The number of benzene rings is 1. The minimum absolute atomic E-state index is 0.00313. The third kappa shape index (κ3) is 3.83. The highest BCUT2D eigenvalue weighted by Crippen LogP contribution is 2.22. The molecule has 0 fully saturated rings. The van der Waals surface area contributed by atoms with Crippen molar-refractivity contribution in [1.82, 2.24) is 0 Å². The molecule has 0 radical (unpaired) electrons. The van der Waals surface area contributed by atoms with E-state index in [1.165, 1.54) is 7.11 Å². The van der Waals surface area contributed by atoms with Gasteiger partial charge in [-0.3, -0.25) is 0 Å². The lowest BCUT2D eigenvalue weighted by Crippen LogP contribution is -2.23. The van der Waals surface area contributed by atoms with E-state index < -0.39 is 12.5 Å². The molecule has 0 aromatic heterocycles. The lowest BCUT2D eigenvalue weighted by molar-refractivity contribution is -0.234. The Kier molecular flexibility index (Phi) is 4.03. The van der Waals surface area contributed by atoms with Gasteiger partial charge in [-0.15, -0.1) is 0 Å². The predicted octanol–water partition coefficient (Wildman–Crippen LogP) is 2.87. The summed E-state index contributed by atoms with van der Waals surface area (Å²) in [5.74, 6) is 0.651. The van der Waals surface area contributed by atoms with Gasteiger partial charge in [-0.25, -0.2) is 0 Å². The van der Waals surface area contributed by atoms with Crippen LogP contribution in [-0.4, -0.2) is 19.8 Å². The molecule has 0 amide bonds. The van der Waals surface area contributed by atoms with Crippen molar-refractivity contribution in [2.45, 2.75) is 19.5 Å². The Morgan fingerprint density at radius 3 is 2.27 bits per heavy atom. The maximum absolute atomic E-state index is 13.0. The molecule has 0 saturated carbocycles. The first-order valence-electron chi connectivity index (χ1n) is 4.72. The molecular formula is C11H14F2O2. The molecule has 0 aliphatic carbocycles. The Balaban J connectivity index is 2.64. The molecule has 0 heterocycles. The fourth-order valence-electron chi connectivity index (χ4n) is 1.24. The largest absolute Gasteiger partial charge is 0.497 e. The van der Waals surface area contributed by atoms with E-state index >= 15 is 0 Å². The van der Waals surface area contributed by atoms with E-state index in [0.29, 0.717) is 11.3 Å². The predicted molar refractivity (Wildman–Crippen MR) is 53.3 cm³/mol. The molecule has 4 heteroatoms. The molecule has 1 aromatic rings. The van der Waals surface area contributed by atoms with Crippen LogP contribution < -0.4 is 4.74 Å². The van der Waals surface area contributed by atoms with E-state index in [1.807, 2.05) is 0 Å². The molecular weight excluding hydrogens is 202 g/mol. The Labute approximate surface area is 87.8 Å². The fraction of sp³-hybridized carbons (Fsp3) is 0.455. The van der Waals surface area contributed by atoms with Crippen molar-refractivity contribution in [2.24, 2.45) is 0 Å². The van der Waals surface area contributed by atoms with Crippen molar-refractivity contribution in [2.75, 3.05) is 13.7 Å². The average Bonchev–Trinajstić information content (AvgIpc) is 2.18. The van der Waals surface area contributed by atoms with Crippen LogP contribution >= 0.6 is 0 Å². The molecule has 0 bridgehead atoms. The van der Waals surface area contributed by atoms with Gasteiger partial charge in [0.05, 0.1) is 20.1 Å². The van der Waals surface area contributed by atoms with Gasteiger partial charge < -0.3 is 9.47 Å². The first-order chi connectivity index (χ1) is 7.07. The molecule has 0 atom stereocenters. The van der Waals surface area contributed by atoms with Crippen molar-refractivity contribution < 1.29 is 18.3 Å². The number of alkyl halides is 2. The van der Waals surface area contributed by atoms with Crippen LogP contribution in [0.2, 0.25) is 0 Å². The second-order valence-electron chi connectivity index (χ2n) is 3.10. The number of rotatable bonds is 5. The summed E-state index contributed by atoms with van der Waals surface area (Å²) < 4.78 is 35.3. The van der Waals surface area contributed by atoms with Gasteiger partial charge in [-0.05, 0) is 24.6 Å². The van der Waals surface area contributed by atoms with Crippen LogP contribution in [0.15, 0.2) is 24.3 Å². The van der Waals surface area contributed by atoms with Gasteiger partial charge in [0, 0.05) is 0 Å². The monoisotopic (exact) mass is 216 g/mol. The van der Waals surface area contributed by atoms with Gasteiger partial charge in [-0.2, -0.15) is 8.78 Å². The van der Waals surface area contributed by atoms with Crippen molar-refractivity contribution in [3.05, 3.63) is 29.8 Å². The first-order valence-corrected chi connectivity index (χ1v) is 4.72. The molecule has 0 aliphatic heterocycles. The normalized spacial score (nSPS) is 11.5. The van der Waals surface area contributed by atoms with Gasteiger partial charge in [0.2, 0.25) is 0 Å². The van der Waals surface area contributed by atoms with E-state index in [-0.39, 0.29) is 6.61 Å². The summed E-state index contributed by atoms with van der Waals surface area (Å²) in [6, 6.07) is 6.51. The van der Waals surface area contributed by atoms with Gasteiger partial charge in [0.15, 0.2) is 0 Å². The summed E-state index contributed by atoms with van der Waals surface area (Å²) in [6.07, 6.45) is -3.51. The second-order valence-corrected chi connectivity index (χ2v) is 3.10. The topological polar surface area (TPSA) is 18.5 Å². The Morgan fingerprint density at radius 2 is 1.80 bits per heavy atom. The highest BCUT2D eigenvalue weighted by molar-refractivity contribution is 5.27. The average molecular weight is 216 g/mol. The van der Waals surface area contributed by atoms with Crippen molar-refractivity contribution in [3.8, 4) is 5.75 Å². The molecule has 15 heavy (non-hydrogen) atoms. The van der Waals surface area contributed by atoms with Gasteiger partial charge in [0.1, 0.15) is 5.75 Å². The van der Waals surface area contributed by atoms with Gasteiger partial charge in [0.25, 0.3) is 0 Å². The highest BCUT2D eigenvalue weighted by atomic mass is 19.3. The van der Waals surface area contributed by atoms with E-state index in [9.17, 15) is 8.78 Å². The summed E-state index contributed by atoms with van der Waals surface area (Å²) >= 11 is 0. The van der Waals surface area contributed by atoms with Crippen LogP contribution in [0, 0.1) is 0 Å². The van der Waals surface area contributed by atoms with Crippen molar-refractivity contribution in [3.63, 3.8) is 0 Å². The summed E-state index contributed by atoms with van der Waals surface area (Å²) in [4.78, 5) is 0. The van der Waals surface area contributed by atoms with Crippen LogP contribution in [0.4, 0.5) is 8.78 Å². The van der Waals surface area contributed by atoms with Gasteiger partial charge in [-0.1, -0.05) is 12.1 Å². The summed E-state index contributed by atoms with van der Waals surface area (Å²) in [5, 5.41) is 0. The minimum atomic E-state index is -3.09. The van der Waals surface area contributed by atoms with E-state index in [2.05, 4.69) is 4.74 Å². The van der Waals surface area contributed by atoms with Gasteiger partial charge >= 0.3 is 6.11 Å². The van der Waals surface area contributed by atoms with Crippen LogP contribution in [0.3, 0.4) is 0 Å². The zero-order valence-electron chi connectivity index (χ0n) is 8.80. The minimum Gasteiger partial charge on any atom is -0.497 e. The number of methoxy groups -OCH3 is 1. The maximum Gasteiger partial charge on any atom is 0.359 e. The van der Waals surface area contributed by atoms with Crippen LogP contribution in [-0.2, 0) is 11.2 Å². The summed E-state index contributed by atoms with van der Waals surface area (Å²) in [7, 11) is 1.53. The van der Waals surface area contributed by atoms with Crippen LogP contribution in [0.25, 0.3) is 0 Å². The van der Waals surface area contributed by atoms with Crippen molar-refractivity contribution in [1.29, 1.82) is 0 Å². The number of hydrogen-bond donors (Lipinski definition) is 0. The second kappa shape index (κ2) is 5.07. The van der Waals surface area contributed by atoms with Crippen LogP contribution in [0.1, 0.15) is 12.5 Å². The third-order valence-corrected chi connectivity index (χ3v) is 1.92. The Bertz CT molecular complexity index is 296. The van der Waals surface area contributed by atoms with E-state index in [4.69, 9.17) is 4.74 Å². The quantitative estimate of drug-likeness (QED) is 0.753. The molecule has 0 aliphatic rings. The first kappa shape index (κ1) is 11.9. The SMILES string of the molecule is CCOC(F)(F)Cc1ccc(OC)cc1. The Morgan fingerprint density at radius 1 is 1.20 bits per heavy atom.